The lowest BCUT2D eigenvalue weighted by atomic mass is 10.0. The molecule has 3 N–H and O–H groups in total. The summed E-state index contributed by atoms with van der Waals surface area (Å²) in [6.07, 6.45) is -4.60. The molecule has 0 fully saturated rings. The lowest BCUT2D eigenvalue weighted by molar-refractivity contribution is -0.137. The third-order valence-corrected chi connectivity index (χ3v) is 3.98. The van der Waals surface area contributed by atoms with E-state index in [1.807, 2.05) is 0 Å². The van der Waals surface area contributed by atoms with Crippen molar-refractivity contribution < 1.29 is 28.0 Å². The molecule has 0 aliphatic heterocycles. The molecule has 0 radical (unpaired) electrons. The molecule has 0 unspecified atom stereocenters. The highest BCUT2D eigenvalue weighted by atomic mass is 19.4. The molecule has 27 heavy (non-hydrogen) atoms. The zero-order valence-corrected chi connectivity index (χ0v) is 13.7. The van der Waals surface area contributed by atoms with Crippen LogP contribution in [0.25, 0.3) is 10.8 Å². The van der Waals surface area contributed by atoms with Gasteiger partial charge >= 0.3 is 6.18 Å². The van der Waals surface area contributed by atoms with Crippen molar-refractivity contribution in [1.29, 1.82) is 0 Å². The van der Waals surface area contributed by atoms with Crippen molar-refractivity contribution in [3.8, 4) is 0 Å². The van der Waals surface area contributed by atoms with Crippen LogP contribution in [0.5, 0.6) is 0 Å². The average Bonchev–Trinajstić information content (AvgIpc) is 2.65. The van der Waals surface area contributed by atoms with Crippen LogP contribution in [-0.2, 0) is 6.18 Å². The second-order valence-corrected chi connectivity index (χ2v) is 5.81. The van der Waals surface area contributed by atoms with Crippen molar-refractivity contribution in [3.05, 3.63) is 77.4 Å². The number of hydroxylamine groups is 1. The lowest BCUT2D eigenvalue weighted by Crippen LogP contribution is -2.27. The van der Waals surface area contributed by atoms with E-state index >= 15 is 0 Å². The van der Waals surface area contributed by atoms with Gasteiger partial charge in [0, 0.05) is 11.1 Å². The molecule has 0 heterocycles. The van der Waals surface area contributed by atoms with E-state index in [1.54, 1.807) is 18.2 Å². The Morgan fingerprint density at radius 1 is 0.889 bits per heavy atom. The summed E-state index contributed by atoms with van der Waals surface area (Å²) >= 11 is 0. The number of benzene rings is 3. The van der Waals surface area contributed by atoms with Gasteiger partial charge in [-0.3, -0.25) is 14.8 Å². The monoisotopic (exact) mass is 374 g/mol. The number of carbonyl (C=O) groups excluding carboxylic acids is 2. The maximum atomic E-state index is 12.8. The van der Waals surface area contributed by atoms with Crippen molar-refractivity contribution in [2.75, 3.05) is 5.06 Å². The van der Waals surface area contributed by atoms with Gasteiger partial charge in [-0.2, -0.15) is 18.2 Å². The molecule has 0 bridgehead atoms. The molecule has 138 valence electrons. The van der Waals surface area contributed by atoms with Crippen LogP contribution in [0.3, 0.4) is 0 Å². The van der Waals surface area contributed by atoms with Gasteiger partial charge in [-0.15, -0.1) is 0 Å². The molecule has 0 aliphatic rings. The van der Waals surface area contributed by atoms with Gasteiger partial charge in [0.15, 0.2) is 0 Å². The normalized spacial score (nSPS) is 11.4. The zero-order valence-electron chi connectivity index (χ0n) is 13.7. The van der Waals surface area contributed by atoms with E-state index in [0.29, 0.717) is 22.4 Å². The summed E-state index contributed by atoms with van der Waals surface area (Å²) in [6, 6.07) is 12.8. The van der Waals surface area contributed by atoms with Crippen LogP contribution >= 0.6 is 0 Å². The number of hydrogen-bond acceptors (Lipinski definition) is 3. The van der Waals surface area contributed by atoms with Crippen molar-refractivity contribution in [3.63, 3.8) is 0 Å². The zero-order chi connectivity index (χ0) is 19.8. The summed E-state index contributed by atoms with van der Waals surface area (Å²) in [4.78, 5) is 23.7. The number of rotatable bonds is 3. The van der Waals surface area contributed by atoms with Gasteiger partial charge in [0.1, 0.15) is 0 Å². The van der Waals surface area contributed by atoms with Crippen molar-refractivity contribution >= 4 is 28.3 Å². The Hall–Kier alpha value is -3.39. The molecule has 3 aromatic carbocycles. The van der Waals surface area contributed by atoms with Crippen LogP contribution in [-0.4, -0.2) is 17.0 Å². The first-order chi connectivity index (χ1) is 12.7. The molecule has 0 atom stereocenters. The number of fused-ring (bicyclic) bond motifs is 1. The Bertz CT molecular complexity index is 1050. The quantitative estimate of drug-likeness (QED) is 0.537. The third kappa shape index (κ3) is 3.75. The van der Waals surface area contributed by atoms with Crippen LogP contribution in [0.2, 0.25) is 0 Å². The molecule has 0 spiro atoms. The third-order valence-electron chi connectivity index (χ3n) is 3.98. The number of alkyl halides is 3. The predicted octanol–water partition coefficient (Wildman–Crippen LogP) is 3.99. The van der Waals surface area contributed by atoms with E-state index in [2.05, 4.69) is 0 Å². The SMILES string of the molecule is NC(=O)c1ccc2cc(C(=O)N(O)c3cccc(C(F)(F)F)c3)ccc2c1. The number of carbonyl (C=O) groups is 2. The number of nitrogens with zero attached hydrogens (tertiary/aromatic N) is 1. The fourth-order valence-electron chi connectivity index (χ4n) is 2.59. The minimum atomic E-state index is -4.60. The standard InChI is InChI=1S/C19H13F3N2O3/c20-19(21,22)15-2-1-3-16(10-15)24(27)18(26)14-7-5-11-8-13(17(23)25)6-4-12(11)9-14/h1-10,27H,(H2,23,25). The Balaban J connectivity index is 1.93. The largest absolute Gasteiger partial charge is 0.416 e. The molecular weight excluding hydrogens is 361 g/mol. The van der Waals surface area contributed by atoms with Crippen LogP contribution in [0, 0.1) is 0 Å². The van der Waals surface area contributed by atoms with Crippen LogP contribution < -0.4 is 10.8 Å². The van der Waals surface area contributed by atoms with Crippen LogP contribution in [0.4, 0.5) is 18.9 Å². The minimum Gasteiger partial charge on any atom is -0.366 e. The van der Waals surface area contributed by atoms with E-state index in [0.717, 1.165) is 12.1 Å². The smallest absolute Gasteiger partial charge is 0.366 e. The second-order valence-electron chi connectivity index (χ2n) is 5.81. The molecule has 0 aromatic heterocycles. The highest BCUT2D eigenvalue weighted by Gasteiger charge is 2.31. The van der Waals surface area contributed by atoms with Gasteiger partial charge in [0.25, 0.3) is 5.91 Å². The molecule has 0 saturated heterocycles. The summed E-state index contributed by atoms with van der Waals surface area (Å²) < 4.78 is 38.4. The molecule has 0 saturated carbocycles. The van der Waals surface area contributed by atoms with Gasteiger partial charge in [-0.05, 0) is 53.2 Å². The van der Waals surface area contributed by atoms with Crippen LogP contribution in [0.15, 0.2) is 60.7 Å². The minimum absolute atomic E-state index is 0.0641. The maximum Gasteiger partial charge on any atom is 0.416 e. The number of nitrogens with two attached hydrogens (primary N) is 1. The topological polar surface area (TPSA) is 83.6 Å². The predicted molar refractivity (Wildman–Crippen MR) is 92.5 cm³/mol. The van der Waals surface area contributed by atoms with E-state index in [-0.39, 0.29) is 16.3 Å². The van der Waals surface area contributed by atoms with E-state index in [1.165, 1.54) is 24.3 Å². The van der Waals surface area contributed by atoms with Gasteiger partial charge < -0.3 is 5.73 Å². The maximum absolute atomic E-state index is 12.8. The van der Waals surface area contributed by atoms with E-state index < -0.39 is 23.6 Å². The van der Waals surface area contributed by atoms with Gasteiger partial charge in [0.2, 0.25) is 5.91 Å². The number of anilines is 1. The number of amides is 2. The molecule has 2 amide bonds. The van der Waals surface area contributed by atoms with E-state index in [9.17, 15) is 28.0 Å². The highest BCUT2D eigenvalue weighted by Crippen LogP contribution is 2.31. The first-order valence-electron chi connectivity index (χ1n) is 7.71. The first-order valence-corrected chi connectivity index (χ1v) is 7.71. The van der Waals surface area contributed by atoms with Crippen molar-refractivity contribution in [2.45, 2.75) is 6.18 Å². The van der Waals surface area contributed by atoms with Gasteiger partial charge in [-0.25, -0.2) is 0 Å². The number of primary amides is 1. The van der Waals surface area contributed by atoms with Gasteiger partial charge in [-0.1, -0.05) is 18.2 Å². The summed E-state index contributed by atoms with van der Waals surface area (Å²) in [5.74, 6) is -1.49. The molecule has 3 rings (SSSR count). The Morgan fingerprint density at radius 2 is 1.48 bits per heavy atom. The summed E-state index contributed by atoms with van der Waals surface area (Å²) in [6.45, 7) is 0. The first kappa shape index (κ1) is 18.4. The summed E-state index contributed by atoms with van der Waals surface area (Å²) in [7, 11) is 0. The highest BCUT2D eigenvalue weighted by molar-refractivity contribution is 6.07. The second kappa shape index (κ2) is 6.73. The molecule has 3 aromatic rings. The Kier molecular flexibility index (Phi) is 4.59. The number of hydrogen-bond donors (Lipinski definition) is 2. The number of halogens is 3. The lowest BCUT2D eigenvalue weighted by Gasteiger charge is -2.17. The van der Waals surface area contributed by atoms with E-state index in [4.69, 9.17) is 5.73 Å². The van der Waals surface area contributed by atoms with Gasteiger partial charge in [0.05, 0.1) is 11.3 Å². The molecule has 8 heteroatoms. The Morgan fingerprint density at radius 3 is 2.07 bits per heavy atom. The fraction of sp³-hybridized carbons (Fsp3) is 0.0526. The van der Waals surface area contributed by atoms with Crippen molar-refractivity contribution in [2.24, 2.45) is 5.73 Å². The summed E-state index contributed by atoms with van der Waals surface area (Å²) in [5.41, 5.74) is 4.29. The Labute approximate surface area is 151 Å². The molecule has 5 nitrogen and oxygen atoms in total. The van der Waals surface area contributed by atoms with Crippen molar-refractivity contribution in [1.82, 2.24) is 0 Å². The average molecular weight is 374 g/mol. The van der Waals surface area contributed by atoms with Crippen LogP contribution in [0.1, 0.15) is 26.3 Å². The summed E-state index contributed by atoms with van der Waals surface area (Å²) in [5, 5.41) is 11.5. The molecular formula is C19H13F3N2O3. The fourth-order valence-corrected chi connectivity index (χ4v) is 2.59. The molecule has 0 aliphatic carbocycles.